The predicted octanol–water partition coefficient (Wildman–Crippen LogP) is 3.05. The van der Waals surface area contributed by atoms with Crippen LogP contribution in [0.3, 0.4) is 0 Å². The normalized spacial score (nSPS) is 11.1. The molecular formula is C14H13NO3S2. The van der Waals surface area contributed by atoms with Crippen LogP contribution in [0.4, 0.5) is 5.69 Å². The second-order valence-corrected chi connectivity index (χ2v) is 7.08. The summed E-state index contributed by atoms with van der Waals surface area (Å²) in [5.74, 6) is -0.635. The Morgan fingerprint density at radius 2 is 1.80 bits per heavy atom. The van der Waals surface area contributed by atoms with E-state index in [4.69, 9.17) is 0 Å². The largest absolute Gasteiger partial charge is 0.280 e. The molecule has 0 N–H and O–H groups in total. The molecule has 0 bridgehead atoms. The monoisotopic (exact) mass is 307 g/mol. The summed E-state index contributed by atoms with van der Waals surface area (Å²) in [6.45, 7) is 5.03. The summed E-state index contributed by atoms with van der Waals surface area (Å²) in [6.07, 6.45) is 0. The second-order valence-electron chi connectivity index (χ2n) is 4.12. The number of carbonyl (C=O) groups excluding carboxylic acids is 1. The van der Waals surface area contributed by atoms with Crippen molar-refractivity contribution in [1.82, 2.24) is 0 Å². The highest BCUT2D eigenvalue weighted by Crippen LogP contribution is 2.27. The summed E-state index contributed by atoms with van der Waals surface area (Å²) in [5.41, 5.74) is 0.461. The molecular weight excluding hydrogens is 294 g/mol. The average molecular weight is 307 g/mol. The molecule has 0 saturated heterocycles. The van der Waals surface area contributed by atoms with Crippen LogP contribution in [-0.4, -0.2) is 14.3 Å². The fraction of sp³-hybridized carbons (Fsp3) is 0.0714. The Balaban J connectivity index is 2.59. The van der Waals surface area contributed by atoms with Gasteiger partial charge in [0.25, 0.3) is 15.9 Å². The zero-order valence-corrected chi connectivity index (χ0v) is 12.4. The molecule has 1 heterocycles. The van der Waals surface area contributed by atoms with Gasteiger partial charge >= 0.3 is 0 Å². The van der Waals surface area contributed by atoms with Gasteiger partial charge in [-0.2, -0.15) is 12.7 Å². The molecule has 2 rings (SSSR count). The topological polar surface area (TPSA) is 54.5 Å². The Morgan fingerprint density at radius 1 is 1.15 bits per heavy atom. The second kappa shape index (κ2) is 5.60. The number of rotatable bonds is 4. The van der Waals surface area contributed by atoms with Crippen molar-refractivity contribution < 1.29 is 13.2 Å². The van der Waals surface area contributed by atoms with E-state index >= 15 is 0 Å². The number of amides is 1. The van der Waals surface area contributed by atoms with Crippen molar-refractivity contribution in [2.24, 2.45) is 0 Å². The van der Waals surface area contributed by atoms with Gasteiger partial charge in [-0.25, -0.2) is 0 Å². The van der Waals surface area contributed by atoms with E-state index in [9.17, 15) is 13.2 Å². The lowest BCUT2D eigenvalue weighted by Crippen LogP contribution is -2.36. The lowest BCUT2D eigenvalue weighted by atomic mass is 10.3. The summed E-state index contributed by atoms with van der Waals surface area (Å²) >= 11 is 1.07. The Kier molecular flexibility index (Phi) is 4.06. The highest BCUT2D eigenvalue weighted by atomic mass is 32.2. The fourth-order valence-corrected chi connectivity index (χ4v) is 4.13. The number of hydrogen-bond donors (Lipinski definition) is 0. The lowest BCUT2D eigenvalue weighted by molar-refractivity contribution is -0.113. The summed E-state index contributed by atoms with van der Waals surface area (Å²) in [4.78, 5) is 12.2. The van der Waals surface area contributed by atoms with Crippen LogP contribution in [0.1, 0.15) is 6.92 Å². The van der Waals surface area contributed by atoms with Crippen LogP contribution in [0.15, 0.2) is 64.2 Å². The van der Waals surface area contributed by atoms with Crippen molar-refractivity contribution in [3.8, 4) is 0 Å². The van der Waals surface area contributed by atoms with Gasteiger partial charge in [0.2, 0.25) is 0 Å². The lowest BCUT2D eigenvalue weighted by Gasteiger charge is -2.21. The zero-order chi connectivity index (χ0) is 14.8. The van der Waals surface area contributed by atoms with E-state index in [-0.39, 0.29) is 9.78 Å². The minimum atomic E-state index is -3.91. The van der Waals surface area contributed by atoms with Crippen LogP contribution in [0.2, 0.25) is 0 Å². The third kappa shape index (κ3) is 2.66. The molecule has 6 heteroatoms. The first kappa shape index (κ1) is 14.5. The molecule has 1 amide bonds. The zero-order valence-electron chi connectivity index (χ0n) is 10.8. The summed E-state index contributed by atoms with van der Waals surface area (Å²) in [7, 11) is -3.91. The molecule has 0 radical (unpaired) electrons. The Hall–Kier alpha value is -1.92. The molecule has 0 fully saturated rings. The molecule has 4 nitrogen and oxygen atoms in total. The average Bonchev–Trinajstić information content (AvgIpc) is 2.94. The van der Waals surface area contributed by atoms with Gasteiger partial charge in [0, 0.05) is 5.57 Å². The van der Waals surface area contributed by atoms with Crippen LogP contribution < -0.4 is 4.31 Å². The third-order valence-corrected chi connectivity index (χ3v) is 5.61. The number of sulfonamides is 1. The molecule has 20 heavy (non-hydrogen) atoms. The van der Waals surface area contributed by atoms with Gasteiger partial charge in [0.05, 0.1) is 5.69 Å². The molecule has 0 aliphatic carbocycles. The summed E-state index contributed by atoms with van der Waals surface area (Å²) in [5, 5.41) is 1.65. The third-order valence-electron chi connectivity index (χ3n) is 2.53. The first-order valence-electron chi connectivity index (χ1n) is 5.78. The number of benzene rings is 1. The SMILES string of the molecule is C=C(C)C(=O)N(c1ccccc1)S(=O)(=O)c1cccs1. The van der Waals surface area contributed by atoms with E-state index in [1.54, 1.807) is 41.8 Å². The van der Waals surface area contributed by atoms with Gasteiger partial charge in [-0.15, -0.1) is 11.3 Å². The number of thiophene rings is 1. The van der Waals surface area contributed by atoms with E-state index in [1.165, 1.54) is 13.0 Å². The maximum Gasteiger partial charge on any atom is 0.280 e. The fourth-order valence-electron chi connectivity index (χ4n) is 1.60. The number of hydrogen-bond acceptors (Lipinski definition) is 4. The number of para-hydroxylation sites is 1. The first-order valence-corrected chi connectivity index (χ1v) is 8.10. The number of anilines is 1. The van der Waals surface area contributed by atoms with Gasteiger partial charge < -0.3 is 0 Å². The first-order chi connectivity index (χ1) is 9.44. The van der Waals surface area contributed by atoms with E-state index in [0.29, 0.717) is 5.69 Å². The van der Waals surface area contributed by atoms with E-state index in [0.717, 1.165) is 15.6 Å². The maximum absolute atomic E-state index is 12.6. The molecule has 0 spiro atoms. The van der Waals surface area contributed by atoms with Crippen molar-refractivity contribution in [2.45, 2.75) is 11.1 Å². The molecule has 0 unspecified atom stereocenters. The van der Waals surface area contributed by atoms with Gasteiger partial charge in [0.15, 0.2) is 0 Å². The Bertz CT molecular complexity index is 719. The molecule has 2 aromatic rings. The minimum absolute atomic E-state index is 0.121. The highest BCUT2D eigenvalue weighted by Gasteiger charge is 2.31. The molecule has 0 saturated carbocycles. The van der Waals surface area contributed by atoms with Crippen LogP contribution in [-0.2, 0) is 14.8 Å². The van der Waals surface area contributed by atoms with E-state index < -0.39 is 15.9 Å². The standard InChI is InChI=1S/C14H13NO3S2/c1-11(2)14(16)15(12-7-4-3-5-8-12)20(17,18)13-9-6-10-19-13/h3-10H,1H2,2H3. The van der Waals surface area contributed by atoms with Crippen molar-refractivity contribution in [1.29, 1.82) is 0 Å². The van der Waals surface area contributed by atoms with Crippen molar-refractivity contribution in [2.75, 3.05) is 4.31 Å². The molecule has 0 atom stereocenters. The Labute approximate surface area is 122 Å². The van der Waals surface area contributed by atoms with E-state index in [2.05, 4.69) is 6.58 Å². The molecule has 1 aromatic heterocycles. The van der Waals surface area contributed by atoms with Crippen LogP contribution in [0, 0.1) is 0 Å². The summed E-state index contributed by atoms with van der Waals surface area (Å²) < 4.78 is 26.1. The van der Waals surface area contributed by atoms with E-state index in [1.807, 2.05) is 0 Å². The molecule has 104 valence electrons. The van der Waals surface area contributed by atoms with Gasteiger partial charge in [-0.1, -0.05) is 30.8 Å². The highest BCUT2D eigenvalue weighted by molar-refractivity contribution is 7.95. The van der Waals surface area contributed by atoms with Crippen LogP contribution in [0.25, 0.3) is 0 Å². The minimum Gasteiger partial charge on any atom is -0.268 e. The quantitative estimate of drug-likeness (QED) is 0.816. The van der Waals surface area contributed by atoms with Crippen LogP contribution in [0.5, 0.6) is 0 Å². The molecule has 1 aromatic carbocycles. The van der Waals surface area contributed by atoms with Crippen molar-refractivity contribution in [3.63, 3.8) is 0 Å². The van der Waals surface area contributed by atoms with Crippen LogP contribution >= 0.6 is 11.3 Å². The van der Waals surface area contributed by atoms with Gasteiger partial charge in [-0.05, 0) is 30.5 Å². The predicted molar refractivity (Wildman–Crippen MR) is 80.2 cm³/mol. The van der Waals surface area contributed by atoms with Gasteiger partial charge in [-0.3, -0.25) is 4.79 Å². The summed E-state index contributed by atoms with van der Waals surface area (Å²) in [6, 6.07) is 11.4. The number of nitrogens with zero attached hydrogens (tertiary/aromatic N) is 1. The van der Waals surface area contributed by atoms with Crippen molar-refractivity contribution >= 4 is 33.0 Å². The number of carbonyl (C=O) groups is 1. The van der Waals surface area contributed by atoms with Gasteiger partial charge in [0.1, 0.15) is 4.21 Å². The molecule has 0 aliphatic rings. The maximum atomic E-state index is 12.6. The van der Waals surface area contributed by atoms with Crippen molar-refractivity contribution in [3.05, 3.63) is 60.0 Å². The smallest absolute Gasteiger partial charge is 0.268 e. The Morgan fingerprint density at radius 3 is 2.30 bits per heavy atom. The molecule has 0 aliphatic heterocycles.